The molecule has 4 nitrogen and oxygen atoms in total. The summed E-state index contributed by atoms with van der Waals surface area (Å²) >= 11 is 0. The smallest absolute Gasteiger partial charge is 0.226 e. The molecule has 0 unspecified atom stereocenters. The highest BCUT2D eigenvalue weighted by atomic mass is 19.1. The number of amides is 1. The van der Waals surface area contributed by atoms with Gasteiger partial charge >= 0.3 is 0 Å². The van der Waals surface area contributed by atoms with Crippen LogP contribution in [0.5, 0.6) is 0 Å². The van der Waals surface area contributed by atoms with Gasteiger partial charge in [0, 0.05) is 36.3 Å². The molecule has 0 radical (unpaired) electrons. The van der Waals surface area contributed by atoms with Gasteiger partial charge in [-0.3, -0.25) is 14.6 Å². The number of benzene rings is 2. The zero-order valence-corrected chi connectivity index (χ0v) is 19.1. The highest BCUT2D eigenvalue weighted by Gasteiger charge is 2.17. The molecule has 0 atom stereocenters. The standard InChI is InChI=1S/C27H29FN2O2/c1-5-27(32)30(6-2)25-15-13-23(17-24(25)28)21-9-11-22(12-10-21)26(31)16-14-20-8-7-18(3)29-19(20)4/h7-13,15,17H,5-6,14,16H2,1-4H3. The minimum absolute atomic E-state index is 0.0646. The molecule has 0 saturated carbocycles. The van der Waals surface area contributed by atoms with Gasteiger partial charge in [0.25, 0.3) is 0 Å². The van der Waals surface area contributed by atoms with Crippen LogP contribution in [0, 0.1) is 19.7 Å². The number of aromatic nitrogens is 1. The van der Waals surface area contributed by atoms with Crippen molar-refractivity contribution in [3.05, 3.63) is 82.9 Å². The number of carbonyl (C=O) groups excluding carboxylic acids is 2. The number of ketones is 1. The number of Topliss-reactive ketones (excluding diaryl/α,β-unsaturated/α-hetero) is 1. The minimum atomic E-state index is -0.437. The van der Waals surface area contributed by atoms with E-state index in [1.807, 2.05) is 45.0 Å². The lowest BCUT2D eigenvalue weighted by molar-refractivity contribution is -0.118. The van der Waals surface area contributed by atoms with Gasteiger partial charge in [0.1, 0.15) is 5.82 Å². The third-order valence-electron chi connectivity index (χ3n) is 5.65. The number of pyridine rings is 1. The van der Waals surface area contributed by atoms with E-state index in [2.05, 4.69) is 4.98 Å². The van der Waals surface area contributed by atoms with Crippen LogP contribution in [0.25, 0.3) is 11.1 Å². The largest absolute Gasteiger partial charge is 0.310 e. The summed E-state index contributed by atoms with van der Waals surface area (Å²) in [6.45, 7) is 7.92. The lowest BCUT2D eigenvalue weighted by Gasteiger charge is -2.21. The number of nitrogens with zero attached hydrogens (tertiary/aromatic N) is 2. The SMILES string of the molecule is CCC(=O)N(CC)c1ccc(-c2ccc(C(=O)CCc3ccc(C)nc3C)cc2)cc1F. The first kappa shape index (κ1) is 23.3. The Morgan fingerprint density at radius 1 is 0.938 bits per heavy atom. The molecule has 3 rings (SSSR count). The summed E-state index contributed by atoms with van der Waals surface area (Å²) in [5.41, 5.74) is 5.45. The molecular weight excluding hydrogens is 403 g/mol. The van der Waals surface area contributed by atoms with E-state index < -0.39 is 5.82 Å². The summed E-state index contributed by atoms with van der Waals surface area (Å²) in [4.78, 5) is 30.6. The van der Waals surface area contributed by atoms with Crippen molar-refractivity contribution in [2.24, 2.45) is 0 Å². The molecule has 1 heterocycles. The van der Waals surface area contributed by atoms with Crippen LogP contribution in [0.15, 0.2) is 54.6 Å². The van der Waals surface area contributed by atoms with E-state index in [0.717, 1.165) is 22.5 Å². The molecule has 2 aromatic carbocycles. The molecule has 0 fully saturated rings. The Labute approximate surface area is 189 Å². The quantitative estimate of drug-likeness (QED) is 0.405. The Morgan fingerprint density at radius 3 is 2.22 bits per heavy atom. The molecule has 0 spiro atoms. The van der Waals surface area contributed by atoms with Gasteiger partial charge < -0.3 is 4.90 Å². The highest BCUT2D eigenvalue weighted by molar-refractivity contribution is 5.96. The number of anilines is 1. The van der Waals surface area contributed by atoms with Crippen LogP contribution >= 0.6 is 0 Å². The Bertz CT molecular complexity index is 1120. The van der Waals surface area contributed by atoms with E-state index in [1.165, 1.54) is 11.0 Å². The Hall–Kier alpha value is -3.34. The van der Waals surface area contributed by atoms with Crippen molar-refractivity contribution in [1.29, 1.82) is 0 Å². The summed E-state index contributed by atoms with van der Waals surface area (Å²) in [5.74, 6) is -0.485. The number of hydrogen-bond acceptors (Lipinski definition) is 3. The average Bonchev–Trinajstić information content (AvgIpc) is 2.79. The van der Waals surface area contributed by atoms with Gasteiger partial charge in [0.15, 0.2) is 5.78 Å². The molecule has 0 aliphatic rings. The van der Waals surface area contributed by atoms with Crippen molar-refractivity contribution in [2.75, 3.05) is 11.4 Å². The topological polar surface area (TPSA) is 50.3 Å². The number of aryl methyl sites for hydroxylation is 3. The van der Waals surface area contributed by atoms with E-state index in [1.54, 1.807) is 31.2 Å². The maximum absolute atomic E-state index is 14.7. The fourth-order valence-electron chi connectivity index (χ4n) is 3.80. The molecule has 1 aromatic heterocycles. The van der Waals surface area contributed by atoms with Crippen LogP contribution in [-0.4, -0.2) is 23.2 Å². The van der Waals surface area contributed by atoms with Crippen molar-refractivity contribution >= 4 is 17.4 Å². The predicted octanol–water partition coefficient (Wildman–Crippen LogP) is 6.08. The Balaban J connectivity index is 1.71. The highest BCUT2D eigenvalue weighted by Crippen LogP contribution is 2.27. The number of halogens is 1. The first-order valence-corrected chi connectivity index (χ1v) is 11.0. The lowest BCUT2D eigenvalue weighted by atomic mass is 9.98. The van der Waals surface area contributed by atoms with Gasteiger partial charge in [-0.05, 0) is 62.1 Å². The molecule has 166 valence electrons. The minimum Gasteiger partial charge on any atom is -0.310 e. The maximum Gasteiger partial charge on any atom is 0.226 e. The first-order chi connectivity index (χ1) is 15.3. The second kappa shape index (κ2) is 10.3. The molecule has 32 heavy (non-hydrogen) atoms. The van der Waals surface area contributed by atoms with Crippen molar-refractivity contribution in [3.63, 3.8) is 0 Å². The van der Waals surface area contributed by atoms with E-state index in [9.17, 15) is 14.0 Å². The second-order valence-electron chi connectivity index (χ2n) is 7.86. The first-order valence-electron chi connectivity index (χ1n) is 11.0. The summed E-state index contributed by atoms with van der Waals surface area (Å²) in [6.07, 6.45) is 1.38. The van der Waals surface area contributed by atoms with E-state index in [4.69, 9.17) is 0 Å². The lowest BCUT2D eigenvalue weighted by Crippen LogP contribution is -2.30. The van der Waals surface area contributed by atoms with Crippen molar-refractivity contribution in [3.8, 4) is 11.1 Å². The van der Waals surface area contributed by atoms with Gasteiger partial charge in [0.05, 0.1) is 5.69 Å². The Kier molecular flexibility index (Phi) is 7.52. The molecule has 0 aliphatic carbocycles. The van der Waals surface area contributed by atoms with Crippen molar-refractivity contribution < 1.29 is 14.0 Å². The van der Waals surface area contributed by atoms with Gasteiger partial charge in [-0.25, -0.2) is 4.39 Å². The maximum atomic E-state index is 14.7. The van der Waals surface area contributed by atoms with E-state index >= 15 is 0 Å². The van der Waals surface area contributed by atoms with Crippen LogP contribution in [0.1, 0.15) is 54.0 Å². The third kappa shape index (κ3) is 5.28. The molecule has 0 bridgehead atoms. The van der Waals surface area contributed by atoms with Crippen LogP contribution in [-0.2, 0) is 11.2 Å². The number of carbonyl (C=O) groups is 2. The predicted molar refractivity (Wildman–Crippen MR) is 127 cm³/mol. The van der Waals surface area contributed by atoms with Crippen molar-refractivity contribution in [2.45, 2.75) is 47.0 Å². The van der Waals surface area contributed by atoms with Gasteiger partial charge in [-0.15, -0.1) is 0 Å². The molecule has 3 aromatic rings. The van der Waals surface area contributed by atoms with E-state index in [-0.39, 0.29) is 17.4 Å². The molecule has 1 amide bonds. The summed E-state index contributed by atoms with van der Waals surface area (Å²) in [5, 5.41) is 0. The monoisotopic (exact) mass is 432 g/mol. The fraction of sp³-hybridized carbons (Fsp3) is 0.296. The van der Waals surface area contributed by atoms with Gasteiger partial charge in [0.2, 0.25) is 5.91 Å². The van der Waals surface area contributed by atoms with Gasteiger partial charge in [-0.1, -0.05) is 43.3 Å². The van der Waals surface area contributed by atoms with Gasteiger partial charge in [-0.2, -0.15) is 0 Å². The number of hydrogen-bond donors (Lipinski definition) is 0. The molecule has 0 saturated heterocycles. The molecular formula is C27H29FN2O2. The second-order valence-corrected chi connectivity index (χ2v) is 7.86. The van der Waals surface area contributed by atoms with Crippen LogP contribution in [0.4, 0.5) is 10.1 Å². The number of rotatable bonds is 8. The molecule has 0 N–H and O–H groups in total. The van der Waals surface area contributed by atoms with E-state index in [0.29, 0.717) is 36.9 Å². The van der Waals surface area contributed by atoms with Crippen LogP contribution in [0.3, 0.4) is 0 Å². The Morgan fingerprint density at radius 2 is 1.62 bits per heavy atom. The van der Waals surface area contributed by atoms with Crippen LogP contribution < -0.4 is 4.90 Å². The summed E-state index contributed by atoms with van der Waals surface area (Å²) in [7, 11) is 0. The van der Waals surface area contributed by atoms with Crippen molar-refractivity contribution in [1.82, 2.24) is 4.98 Å². The zero-order valence-electron chi connectivity index (χ0n) is 19.1. The summed E-state index contributed by atoms with van der Waals surface area (Å²) in [6, 6.07) is 16.1. The average molecular weight is 433 g/mol. The summed E-state index contributed by atoms with van der Waals surface area (Å²) < 4.78 is 14.7. The molecule has 0 aliphatic heterocycles. The molecule has 5 heteroatoms. The normalized spacial score (nSPS) is 10.8. The zero-order chi connectivity index (χ0) is 23.3. The third-order valence-corrected chi connectivity index (χ3v) is 5.65. The van der Waals surface area contributed by atoms with Crippen LogP contribution in [0.2, 0.25) is 0 Å². The fourth-order valence-corrected chi connectivity index (χ4v) is 3.80.